The van der Waals surface area contributed by atoms with E-state index in [2.05, 4.69) is 11.4 Å². The Balaban J connectivity index is 1.94. The van der Waals surface area contributed by atoms with Crippen molar-refractivity contribution in [3.8, 4) is 6.07 Å². The largest absolute Gasteiger partial charge is 0.394 e. The Morgan fingerprint density at radius 2 is 1.83 bits per heavy atom. The van der Waals surface area contributed by atoms with Crippen LogP contribution in [0.3, 0.4) is 0 Å². The summed E-state index contributed by atoms with van der Waals surface area (Å²) < 4.78 is 0. The molecule has 1 aromatic carbocycles. The molecular formula is C15H20N2O. The van der Waals surface area contributed by atoms with Crippen molar-refractivity contribution in [2.75, 3.05) is 6.61 Å². The van der Waals surface area contributed by atoms with Crippen LogP contribution in [0.1, 0.15) is 43.2 Å². The fourth-order valence-electron chi connectivity index (χ4n) is 2.61. The van der Waals surface area contributed by atoms with Crippen LogP contribution < -0.4 is 5.32 Å². The Hall–Kier alpha value is -1.37. The number of aliphatic hydroxyl groups is 1. The fourth-order valence-corrected chi connectivity index (χ4v) is 2.61. The average molecular weight is 244 g/mol. The minimum atomic E-state index is -0.0911. The Labute approximate surface area is 108 Å². The zero-order chi connectivity index (χ0) is 12.8. The average Bonchev–Trinajstić information content (AvgIpc) is 2.47. The number of hydrogen-bond donors (Lipinski definition) is 2. The van der Waals surface area contributed by atoms with Gasteiger partial charge in [0.1, 0.15) is 0 Å². The predicted octanol–water partition coefficient (Wildman–Crippen LogP) is 2.34. The molecule has 96 valence electrons. The van der Waals surface area contributed by atoms with Crippen molar-refractivity contribution in [3.05, 3.63) is 35.4 Å². The lowest BCUT2D eigenvalue weighted by Crippen LogP contribution is -2.49. The smallest absolute Gasteiger partial charge is 0.0991 e. The highest BCUT2D eigenvalue weighted by Crippen LogP contribution is 2.28. The molecule has 2 N–H and O–H groups in total. The number of benzene rings is 1. The van der Waals surface area contributed by atoms with E-state index in [-0.39, 0.29) is 12.1 Å². The van der Waals surface area contributed by atoms with Crippen molar-refractivity contribution in [2.24, 2.45) is 0 Å². The van der Waals surface area contributed by atoms with Gasteiger partial charge in [-0.1, -0.05) is 31.4 Å². The van der Waals surface area contributed by atoms with E-state index in [0.717, 1.165) is 24.9 Å². The van der Waals surface area contributed by atoms with E-state index in [0.29, 0.717) is 5.56 Å². The second kappa shape index (κ2) is 5.99. The molecule has 1 fully saturated rings. The van der Waals surface area contributed by atoms with Crippen LogP contribution in [-0.2, 0) is 6.54 Å². The lowest BCUT2D eigenvalue weighted by atomic mass is 9.82. The summed E-state index contributed by atoms with van der Waals surface area (Å²) in [5, 5.41) is 21.8. The summed E-state index contributed by atoms with van der Waals surface area (Å²) in [6.45, 7) is 0.968. The number of nitrogens with zero attached hydrogens (tertiary/aromatic N) is 1. The van der Waals surface area contributed by atoms with Gasteiger partial charge in [0.15, 0.2) is 0 Å². The van der Waals surface area contributed by atoms with Crippen LogP contribution in [0.4, 0.5) is 0 Å². The van der Waals surface area contributed by atoms with Gasteiger partial charge in [-0.05, 0) is 30.5 Å². The lowest BCUT2D eigenvalue weighted by molar-refractivity contribution is 0.119. The van der Waals surface area contributed by atoms with Gasteiger partial charge in [-0.3, -0.25) is 0 Å². The van der Waals surface area contributed by atoms with Crippen LogP contribution in [0, 0.1) is 11.3 Å². The van der Waals surface area contributed by atoms with Gasteiger partial charge >= 0.3 is 0 Å². The van der Waals surface area contributed by atoms with E-state index in [9.17, 15) is 5.11 Å². The maximum atomic E-state index is 9.60. The minimum absolute atomic E-state index is 0.0911. The molecule has 1 aliphatic rings. The molecule has 3 nitrogen and oxygen atoms in total. The van der Waals surface area contributed by atoms with Gasteiger partial charge in [0.25, 0.3) is 0 Å². The van der Waals surface area contributed by atoms with Crippen molar-refractivity contribution in [1.29, 1.82) is 5.26 Å². The van der Waals surface area contributed by atoms with Crippen LogP contribution >= 0.6 is 0 Å². The lowest BCUT2D eigenvalue weighted by Gasteiger charge is -2.36. The minimum Gasteiger partial charge on any atom is -0.394 e. The van der Waals surface area contributed by atoms with E-state index in [1.807, 2.05) is 24.3 Å². The molecule has 0 radical (unpaired) electrons. The standard InChI is InChI=1S/C15H20N2O/c16-10-13-4-6-14(7-5-13)11-17-15(12-18)8-2-1-3-9-15/h4-7,17-18H,1-3,8-9,11-12H2. The third kappa shape index (κ3) is 3.10. The van der Waals surface area contributed by atoms with Crippen LogP contribution in [0.15, 0.2) is 24.3 Å². The van der Waals surface area contributed by atoms with E-state index in [1.54, 1.807) is 0 Å². The van der Waals surface area contributed by atoms with E-state index >= 15 is 0 Å². The summed E-state index contributed by atoms with van der Waals surface area (Å²) in [5.74, 6) is 0. The molecule has 18 heavy (non-hydrogen) atoms. The highest BCUT2D eigenvalue weighted by atomic mass is 16.3. The highest BCUT2D eigenvalue weighted by Gasteiger charge is 2.30. The topological polar surface area (TPSA) is 56.0 Å². The van der Waals surface area contributed by atoms with Crippen molar-refractivity contribution in [2.45, 2.75) is 44.2 Å². The van der Waals surface area contributed by atoms with Crippen molar-refractivity contribution < 1.29 is 5.11 Å². The number of nitriles is 1. The zero-order valence-electron chi connectivity index (χ0n) is 10.7. The quantitative estimate of drug-likeness (QED) is 0.854. The van der Waals surface area contributed by atoms with E-state index in [4.69, 9.17) is 5.26 Å². The first-order valence-corrected chi connectivity index (χ1v) is 6.63. The summed E-state index contributed by atoms with van der Waals surface area (Å²) in [5.41, 5.74) is 1.76. The first kappa shape index (κ1) is 13.1. The van der Waals surface area contributed by atoms with Gasteiger partial charge in [0, 0.05) is 12.1 Å². The molecular weight excluding hydrogens is 224 g/mol. The molecule has 0 heterocycles. The Morgan fingerprint density at radius 3 is 2.39 bits per heavy atom. The van der Waals surface area contributed by atoms with Crippen molar-refractivity contribution in [1.82, 2.24) is 5.32 Å². The van der Waals surface area contributed by atoms with Gasteiger partial charge in [-0.2, -0.15) is 5.26 Å². The maximum absolute atomic E-state index is 9.60. The molecule has 0 unspecified atom stereocenters. The summed E-state index contributed by atoms with van der Waals surface area (Å²) in [6.07, 6.45) is 5.78. The number of hydrogen-bond acceptors (Lipinski definition) is 3. The van der Waals surface area contributed by atoms with Gasteiger partial charge < -0.3 is 10.4 Å². The molecule has 0 atom stereocenters. The highest BCUT2D eigenvalue weighted by molar-refractivity contribution is 5.31. The summed E-state index contributed by atoms with van der Waals surface area (Å²) in [6, 6.07) is 9.73. The van der Waals surface area contributed by atoms with Crippen LogP contribution in [-0.4, -0.2) is 17.3 Å². The third-order valence-corrected chi connectivity index (χ3v) is 3.86. The SMILES string of the molecule is N#Cc1ccc(CNC2(CO)CCCCC2)cc1. The van der Waals surface area contributed by atoms with Gasteiger partial charge in [-0.25, -0.2) is 0 Å². The second-order valence-corrected chi connectivity index (χ2v) is 5.16. The molecule has 0 spiro atoms. The van der Waals surface area contributed by atoms with Gasteiger partial charge in [0.2, 0.25) is 0 Å². The van der Waals surface area contributed by atoms with Crippen LogP contribution in [0.2, 0.25) is 0 Å². The fraction of sp³-hybridized carbons (Fsp3) is 0.533. The Morgan fingerprint density at radius 1 is 1.17 bits per heavy atom. The van der Waals surface area contributed by atoms with Crippen LogP contribution in [0.5, 0.6) is 0 Å². The molecule has 1 aliphatic carbocycles. The first-order chi connectivity index (χ1) is 8.78. The third-order valence-electron chi connectivity index (χ3n) is 3.86. The van der Waals surface area contributed by atoms with Crippen LogP contribution in [0.25, 0.3) is 0 Å². The molecule has 0 aliphatic heterocycles. The molecule has 1 saturated carbocycles. The normalized spacial score (nSPS) is 18.2. The molecule has 0 amide bonds. The molecule has 1 aromatic rings. The molecule has 3 heteroatoms. The van der Waals surface area contributed by atoms with Crippen molar-refractivity contribution in [3.63, 3.8) is 0 Å². The molecule has 0 bridgehead atoms. The summed E-state index contributed by atoms with van der Waals surface area (Å²) >= 11 is 0. The van der Waals surface area contributed by atoms with E-state index < -0.39 is 0 Å². The van der Waals surface area contributed by atoms with Gasteiger partial charge in [0.05, 0.1) is 18.2 Å². The molecule has 0 saturated heterocycles. The Kier molecular flexibility index (Phi) is 4.35. The van der Waals surface area contributed by atoms with Gasteiger partial charge in [-0.15, -0.1) is 0 Å². The predicted molar refractivity (Wildman–Crippen MR) is 70.9 cm³/mol. The Bertz CT molecular complexity index is 413. The number of nitrogens with one attached hydrogen (secondary N) is 1. The van der Waals surface area contributed by atoms with Crippen molar-refractivity contribution >= 4 is 0 Å². The monoisotopic (exact) mass is 244 g/mol. The zero-order valence-corrected chi connectivity index (χ0v) is 10.7. The van der Waals surface area contributed by atoms with E-state index in [1.165, 1.54) is 19.3 Å². The summed E-state index contributed by atoms with van der Waals surface area (Å²) in [4.78, 5) is 0. The maximum Gasteiger partial charge on any atom is 0.0991 e. The summed E-state index contributed by atoms with van der Waals surface area (Å²) in [7, 11) is 0. The second-order valence-electron chi connectivity index (χ2n) is 5.16. The molecule has 0 aromatic heterocycles. The number of aliphatic hydroxyl groups excluding tert-OH is 1. The molecule has 2 rings (SSSR count). The first-order valence-electron chi connectivity index (χ1n) is 6.63. The number of rotatable bonds is 4.